The lowest BCUT2D eigenvalue weighted by Crippen LogP contribution is -2.37. The monoisotopic (exact) mass is 280 g/mol. The van der Waals surface area contributed by atoms with Crippen molar-refractivity contribution < 1.29 is 4.74 Å². The summed E-state index contributed by atoms with van der Waals surface area (Å²) in [5.74, 6) is 2.08. The molecule has 0 aromatic carbocycles. The van der Waals surface area contributed by atoms with Crippen molar-refractivity contribution >= 4 is 17.8 Å². The Bertz CT molecular complexity index is 417. The number of rotatable bonds is 6. The minimum Gasteiger partial charge on any atom is -0.378 e. The molecule has 0 bridgehead atoms. The Balaban J connectivity index is 2.03. The first kappa shape index (κ1) is 14.8. The summed E-state index contributed by atoms with van der Waals surface area (Å²) in [6.45, 7) is 8.21. The van der Waals surface area contributed by atoms with Crippen molar-refractivity contribution in [2.45, 2.75) is 26.7 Å². The highest BCUT2D eigenvalue weighted by Gasteiger charge is 2.16. The summed E-state index contributed by atoms with van der Waals surface area (Å²) in [6.07, 6.45) is 2.28. The van der Waals surface area contributed by atoms with Crippen LogP contribution in [0.3, 0.4) is 0 Å². The predicted molar refractivity (Wildman–Crippen MR) is 79.8 cm³/mol. The van der Waals surface area contributed by atoms with E-state index in [1.54, 1.807) is 0 Å². The van der Waals surface area contributed by atoms with Gasteiger partial charge in [0.15, 0.2) is 0 Å². The topological polar surface area (TPSA) is 89.2 Å². The molecule has 0 saturated carbocycles. The smallest absolute Gasteiger partial charge is 0.232 e. The van der Waals surface area contributed by atoms with E-state index < -0.39 is 0 Å². The number of nitrogens with two attached hydrogens (primary N) is 1. The van der Waals surface area contributed by atoms with Crippen LogP contribution < -0.4 is 16.0 Å². The van der Waals surface area contributed by atoms with E-state index in [1.165, 1.54) is 0 Å². The van der Waals surface area contributed by atoms with Gasteiger partial charge in [-0.2, -0.15) is 15.0 Å². The summed E-state index contributed by atoms with van der Waals surface area (Å²) in [7, 11) is 0. The lowest BCUT2D eigenvalue weighted by molar-refractivity contribution is 0.122. The Morgan fingerprint density at radius 3 is 2.55 bits per heavy atom. The van der Waals surface area contributed by atoms with Gasteiger partial charge in [0.05, 0.1) is 13.2 Å². The van der Waals surface area contributed by atoms with Crippen LogP contribution in [-0.4, -0.2) is 47.8 Å². The fourth-order valence-corrected chi connectivity index (χ4v) is 2.18. The fraction of sp³-hybridized carbons (Fsp3) is 0.769. The lowest BCUT2D eigenvalue weighted by atomic mass is 10.0. The number of nitrogens with one attached hydrogen (secondary N) is 1. The molecule has 112 valence electrons. The molecule has 3 N–H and O–H groups in total. The van der Waals surface area contributed by atoms with Gasteiger partial charge in [-0.25, -0.2) is 0 Å². The van der Waals surface area contributed by atoms with E-state index in [9.17, 15) is 0 Å². The van der Waals surface area contributed by atoms with Crippen LogP contribution in [0, 0.1) is 5.92 Å². The largest absolute Gasteiger partial charge is 0.378 e. The molecule has 1 aliphatic heterocycles. The number of ether oxygens (including phenoxy) is 1. The third-order valence-corrected chi connectivity index (χ3v) is 3.64. The molecule has 1 aromatic rings. The van der Waals surface area contributed by atoms with Gasteiger partial charge in [-0.05, 0) is 5.92 Å². The Labute approximate surface area is 119 Å². The second kappa shape index (κ2) is 7.23. The van der Waals surface area contributed by atoms with Crippen molar-refractivity contribution in [2.75, 3.05) is 48.8 Å². The molecule has 0 amide bonds. The zero-order valence-electron chi connectivity index (χ0n) is 12.3. The maximum absolute atomic E-state index is 5.78. The third-order valence-electron chi connectivity index (χ3n) is 3.64. The maximum Gasteiger partial charge on any atom is 0.232 e. The molecular formula is C13H24N6O. The van der Waals surface area contributed by atoms with Crippen LogP contribution in [0.25, 0.3) is 0 Å². The molecule has 0 radical (unpaired) electrons. The average molecular weight is 280 g/mol. The van der Waals surface area contributed by atoms with Crippen LogP contribution in [0.15, 0.2) is 0 Å². The van der Waals surface area contributed by atoms with Gasteiger partial charge in [0.2, 0.25) is 17.8 Å². The Morgan fingerprint density at radius 2 is 1.90 bits per heavy atom. The molecule has 7 nitrogen and oxygen atoms in total. The lowest BCUT2D eigenvalue weighted by Gasteiger charge is -2.27. The number of anilines is 3. The van der Waals surface area contributed by atoms with Gasteiger partial charge in [-0.15, -0.1) is 0 Å². The Morgan fingerprint density at radius 1 is 1.20 bits per heavy atom. The number of hydrogen-bond donors (Lipinski definition) is 2. The van der Waals surface area contributed by atoms with E-state index in [2.05, 4.69) is 39.0 Å². The second-order valence-corrected chi connectivity index (χ2v) is 4.98. The van der Waals surface area contributed by atoms with Crippen LogP contribution in [0.5, 0.6) is 0 Å². The molecular weight excluding hydrogens is 256 g/mol. The van der Waals surface area contributed by atoms with E-state index in [-0.39, 0.29) is 5.95 Å². The summed E-state index contributed by atoms with van der Waals surface area (Å²) in [6, 6.07) is 0. The first-order valence-corrected chi connectivity index (χ1v) is 7.31. The Kier molecular flexibility index (Phi) is 5.34. The molecule has 7 heteroatoms. The summed E-state index contributed by atoms with van der Waals surface area (Å²) in [5, 5.41) is 3.27. The quantitative estimate of drug-likeness (QED) is 0.807. The molecule has 0 spiro atoms. The van der Waals surface area contributed by atoms with Crippen LogP contribution >= 0.6 is 0 Å². The average Bonchev–Trinajstić information content (AvgIpc) is 2.49. The summed E-state index contributed by atoms with van der Waals surface area (Å²) in [4.78, 5) is 14.9. The van der Waals surface area contributed by atoms with Crippen molar-refractivity contribution in [3.8, 4) is 0 Å². The predicted octanol–water partition coefficient (Wildman–Crippen LogP) is 1.14. The number of morpholine rings is 1. The van der Waals surface area contributed by atoms with Crippen LogP contribution in [0.4, 0.5) is 17.8 Å². The summed E-state index contributed by atoms with van der Waals surface area (Å²) < 4.78 is 5.33. The molecule has 2 heterocycles. The molecule has 0 atom stereocenters. The highest BCUT2D eigenvalue weighted by molar-refractivity contribution is 5.42. The molecule has 0 aliphatic carbocycles. The minimum atomic E-state index is 0.258. The van der Waals surface area contributed by atoms with E-state index >= 15 is 0 Å². The van der Waals surface area contributed by atoms with Crippen molar-refractivity contribution in [2.24, 2.45) is 5.92 Å². The third kappa shape index (κ3) is 3.93. The molecule has 2 rings (SSSR count). The van der Waals surface area contributed by atoms with Crippen LogP contribution in [0.1, 0.15) is 26.7 Å². The number of nitrogen functional groups attached to an aromatic ring is 1. The van der Waals surface area contributed by atoms with E-state index in [4.69, 9.17) is 10.5 Å². The van der Waals surface area contributed by atoms with Crippen molar-refractivity contribution in [1.82, 2.24) is 15.0 Å². The molecule has 1 aliphatic rings. The van der Waals surface area contributed by atoms with E-state index in [0.29, 0.717) is 31.0 Å². The molecule has 1 saturated heterocycles. The van der Waals surface area contributed by atoms with Gasteiger partial charge < -0.3 is 20.7 Å². The molecule has 20 heavy (non-hydrogen) atoms. The van der Waals surface area contributed by atoms with Crippen LogP contribution in [-0.2, 0) is 4.74 Å². The van der Waals surface area contributed by atoms with Crippen molar-refractivity contribution in [3.05, 3.63) is 0 Å². The van der Waals surface area contributed by atoms with E-state index in [1.807, 2.05) is 0 Å². The zero-order chi connectivity index (χ0) is 14.4. The highest BCUT2D eigenvalue weighted by Crippen LogP contribution is 2.14. The van der Waals surface area contributed by atoms with Gasteiger partial charge in [0.1, 0.15) is 0 Å². The first-order valence-electron chi connectivity index (χ1n) is 7.31. The number of nitrogens with zero attached hydrogens (tertiary/aromatic N) is 4. The summed E-state index contributed by atoms with van der Waals surface area (Å²) >= 11 is 0. The van der Waals surface area contributed by atoms with Gasteiger partial charge in [-0.1, -0.05) is 26.7 Å². The van der Waals surface area contributed by atoms with Gasteiger partial charge >= 0.3 is 0 Å². The standard InChI is InChI=1S/C13H24N6O/c1-3-10(4-2)9-15-12-16-11(14)17-13(18-12)19-5-7-20-8-6-19/h10H,3-9H2,1-2H3,(H3,14,15,16,17,18). The molecule has 1 aromatic heterocycles. The fourth-order valence-electron chi connectivity index (χ4n) is 2.18. The molecule has 1 fully saturated rings. The maximum atomic E-state index is 5.78. The van der Waals surface area contributed by atoms with Gasteiger partial charge in [-0.3, -0.25) is 0 Å². The molecule has 0 unspecified atom stereocenters. The van der Waals surface area contributed by atoms with E-state index in [0.717, 1.165) is 32.5 Å². The SMILES string of the molecule is CCC(CC)CNc1nc(N)nc(N2CCOCC2)n1. The highest BCUT2D eigenvalue weighted by atomic mass is 16.5. The second-order valence-electron chi connectivity index (χ2n) is 4.98. The Hall–Kier alpha value is -1.63. The number of aromatic nitrogens is 3. The first-order chi connectivity index (χ1) is 9.72. The van der Waals surface area contributed by atoms with Crippen molar-refractivity contribution in [3.63, 3.8) is 0 Å². The normalized spacial score (nSPS) is 15.7. The van der Waals surface area contributed by atoms with Crippen molar-refractivity contribution in [1.29, 1.82) is 0 Å². The minimum absolute atomic E-state index is 0.258. The number of hydrogen-bond acceptors (Lipinski definition) is 7. The summed E-state index contributed by atoms with van der Waals surface area (Å²) in [5.41, 5.74) is 5.78. The van der Waals surface area contributed by atoms with Gasteiger partial charge in [0.25, 0.3) is 0 Å². The van der Waals surface area contributed by atoms with Crippen LogP contribution in [0.2, 0.25) is 0 Å². The van der Waals surface area contributed by atoms with Gasteiger partial charge in [0, 0.05) is 19.6 Å². The zero-order valence-corrected chi connectivity index (χ0v) is 12.3.